The van der Waals surface area contributed by atoms with Crippen LogP contribution in [-0.2, 0) is 16.1 Å². The number of furan rings is 1. The lowest BCUT2D eigenvalue weighted by Crippen LogP contribution is -2.21. The Morgan fingerprint density at radius 2 is 2.16 bits per heavy atom. The molecule has 0 aromatic carbocycles. The van der Waals surface area contributed by atoms with Gasteiger partial charge in [0.1, 0.15) is 11.6 Å². The SMILES string of the molecule is O=C(COC(=O)c1ccc(Cn2cccn2)o1)Nc1ccc(Cl)cn1. The van der Waals surface area contributed by atoms with Crippen LogP contribution in [0.5, 0.6) is 0 Å². The molecule has 0 unspecified atom stereocenters. The van der Waals surface area contributed by atoms with E-state index in [-0.39, 0.29) is 5.76 Å². The third-order valence-electron chi connectivity index (χ3n) is 3.07. The van der Waals surface area contributed by atoms with Crippen LogP contribution in [0.25, 0.3) is 0 Å². The lowest BCUT2D eigenvalue weighted by atomic mass is 10.4. The zero-order valence-corrected chi connectivity index (χ0v) is 13.6. The summed E-state index contributed by atoms with van der Waals surface area (Å²) in [6.07, 6.45) is 4.81. The van der Waals surface area contributed by atoms with Crippen molar-refractivity contribution >= 4 is 29.3 Å². The number of halogens is 1. The number of pyridine rings is 1. The van der Waals surface area contributed by atoms with Crippen molar-refractivity contribution in [2.45, 2.75) is 6.54 Å². The molecule has 128 valence electrons. The predicted octanol–water partition coefficient (Wildman–Crippen LogP) is 2.37. The van der Waals surface area contributed by atoms with E-state index in [1.165, 1.54) is 18.3 Å². The second kappa shape index (κ2) is 7.63. The highest BCUT2D eigenvalue weighted by atomic mass is 35.5. The van der Waals surface area contributed by atoms with Gasteiger partial charge >= 0.3 is 5.97 Å². The summed E-state index contributed by atoms with van der Waals surface area (Å²) in [5.74, 6) is -0.382. The Labute approximate surface area is 147 Å². The van der Waals surface area contributed by atoms with Crippen LogP contribution in [0.1, 0.15) is 16.3 Å². The summed E-state index contributed by atoms with van der Waals surface area (Å²) in [6.45, 7) is -0.0681. The van der Waals surface area contributed by atoms with Crippen molar-refractivity contribution in [1.82, 2.24) is 14.8 Å². The number of amides is 1. The van der Waals surface area contributed by atoms with E-state index in [9.17, 15) is 9.59 Å². The molecule has 0 saturated heterocycles. The van der Waals surface area contributed by atoms with Crippen LogP contribution >= 0.6 is 11.6 Å². The number of carbonyl (C=O) groups is 2. The number of rotatable bonds is 6. The van der Waals surface area contributed by atoms with Gasteiger partial charge in [-0.25, -0.2) is 9.78 Å². The number of nitrogens with zero attached hydrogens (tertiary/aromatic N) is 3. The van der Waals surface area contributed by atoms with E-state index in [4.69, 9.17) is 20.8 Å². The van der Waals surface area contributed by atoms with Gasteiger partial charge in [-0.2, -0.15) is 5.10 Å². The smallest absolute Gasteiger partial charge is 0.374 e. The molecule has 1 N–H and O–H groups in total. The van der Waals surface area contributed by atoms with Gasteiger partial charge in [0, 0.05) is 18.6 Å². The van der Waals surface area contributed by atoms with Gasteiger partial charge in [-0.15, -0.1) is 0 Å². The lowest BCUT2D eigenvalue weighted by Gasteiger charge is -2.05. The van der Waals surface area contributed by atoms with Crippen LogP contribution in [0.3, 0.4) is 0 Å². The largest absolute Gasteiger partial charge is 0.452 e. The maximum Gasteiger partial charge on any atom is 0.374 e. The highest BCUT2D eigenvalue weighted by molar-refractivity contribution is 6.30. The first-order valence-corrected chi connectivity index (χ1v) is 7.62. The Balaban J connectivity index is 1.49. The van der Waals surface area contributed by atoms with Crippen LogP contribution in [0, 0.1) is 0 Å². The predicted molar refractivity (Wildman–Crippen MR) is 88.2 cm³/mol. The van der Waals surface area contributed by atoms with Gasteiger partial charge in [0.25, 0.3) is 5.91 Å². The summed E-state index contributed by atoms with van der Waals surface area (Å²) in [6, 6.07) is 8.04. The Kier molecular flexibility index (Phi) is 5.10. The molecule has 0 radical (unpaired) electrons. The van der Waals surface area contributed by atoms with Crippen molar-refractivity contribution in [3.63, 3.8) is 0 Å². The third kappa shape index (κ3) is 4.67. The molecule has 3 rings (SSSR count). The van der Waals surface area contributed by atoms with Crippen LogP contribution in [0.2, 0.25) is 5.02 Å². The summed E-state index contributed by atoms with van der Waals surface area (Å²) in [5.41, 5.74) is 0. The van der Waals surface area contributed by atoms with Gasteiger partial charge in [-0.05, 0) is 30.3 Å². The Morgan fingerprint density at radius 3 is 2.88 bits per heavy atom. The van der Waals surface area contributed by atoms with Crippen molar-refractivity contribution in [1.29, 1.82) is 0 Å². The van der Waals surface area contributed by atoms with Crippen molar-refractivity contribution in [3.05, 3.63) is 65.5 Å². The van der Waals surface area contributed by atoms with E-state index in [0.717, 1.165) is 0 Å². The molecule has 0 spiro atoms. The molecule has 3 heterocycles. The Morgan fingerprint density at radius 1 is 1.28 bits per heavy atom. The fourth-order valence-electron chi connectivity index (χ4n) is 1.96. The quantitative estimate of drug-likeness (QED) is 0.677. The molecule has 1 amide bonds. The van der Waals surface area contributed by atoms with E-state index in [1.807, 2.05) is 0 Å². The van der Waals surface area contributed by atoms with Crippen molar-refractivity contribution in [2.24, 2.45) is 0 Å². The van der Waals surface area contributed by atoms with Crippen LogP contribution in [-0.4, -0.2) is 33.2 Å². The fourth-order valence-corrected chi connectivity index (χ4v) is 2.07. The number of hydrogen-bond donors (Lipinski definition) is 1. The van der Waals surface area contributed by atoms with E-state index in [0.29, 0.717) is 23.1 Å². The van der Waals surface area contributed by atoms with Crippen LogP contribution in [0.15, 0.2) is 53.3 Å². The summed E-state index contributed by atoms with van der Waals surface area (Å²) >= 11 is 5.70. The second-order valence-electron chi connectivity index (χ2n) is 4.96. The Bertz CT molecular complexity index is 859. The summed E-state index contributed by atoms with van der Waals surface area (Å²) in [5, 5.41) is 6.98. The maximum absolute atomic E-state index is 11.9. The molecule has 0 saturated carbocycles. The van der Waals surface area contributed by atoms with Gasteiger partial charge in [0.05, 0.1) is 11.6 Å². The fraction of sp³-hybridized carbons (Fsp3) is 0.125. The average Bonchev–Trinajstić information content (AvgIpc) is 3.27. The Hall–Kier alpha value is -3.13. The van der Waals surface area contributed by atoms with Crippen LogP contribution < -0.4 is 5.32 Å². The first-order chi connectivity index (χ1) is 12.1. The summed E-state index contributed by atoms with van der Waals surface area (Å²) < 4.78 is 12.0. The molecule has 0 atom stereocenters. The summed E-state index contributed by atoms with van der Waals surface area (Å²) in [4.78, 5) is 27.6. The minimum absolute atomic E-state index is 0.0135. The molecule has 0 fully saturated rings. The lowest BCUT2D eigenvalue weighted by molar-refractivity contribution is -0.119. The molecule has 3 aromatic heterocycles. The molecule has 8 nitrogen and oxygen atoms in total. The van der Waals surface area contributed by atoms with Crippen molar-refractivity contribution in [2.75, 3.05) is 11.9 Å². The molecule has 0 bridgehead atoms. The van der Waals surface area contributed by atoms with Crippen molar-refractivity contribution in [3.8, 4) is 0 Å². The standard InChI is InChI=1S/C16H13ClN4O4/c17-11-2-5-14(18-8-11)20-15(22)10-24-16(23)13-4-3-12(25-13)9-21-7-1-6-19-21/h1-8H,9-10H2,(H,18,20,22). The third-order valence-corrected chi connectivity index (χ3v) is 3.29. The second-order valence-corrected chi connectivity index (χ2v) is 5.39. The number of ether oxygens (including phenoxy) is 1. The molecule has 3 aromatic rings. The normalized spacial score (nSPS) is 10.4. The first kappa shape index (κ1) is 16.7. The molecule has 25 heavy (non-hydrogen) atoms. The monoisotopic (exact) mass is 360 g/mol. The topological polar surface area (TPSA) is 99.3 Å². The van der Waals surface area contributed by atoms with Crippen molar-refractivity contribution < 1.29 is 18.7 Å². The summed E-state index contributed by atoms with van der Waals surface area (Å²) in [7, 11) is 0. The number of hydrogen-bond acceptors (Lipinski definition) is 6. The molecular weight excluding hydrogens is 348 g/mol. The van der Waals surface area contributed by atoms with E-state index >= 15 is 0 Å². The van der Waals surface area contributed by atoms with Crippen LogP contribution in [0.4, 0.5) is 5.82 Å². The minimum Gasteiger partial charge on any atom is -0.452 e. The molecule has 0 aliphatic carbocycles. The molecular formula is C16H13ClN4O4. The van der Waals surface area contributed by atoms with Gasteiger partial charge in [-0.3, -0.25) is 9.48 Å². The minimum atomic E-state index is -0.731. The van der Waals surface area contributed by atoms with Gasteiger partial charge in [0.2, 0.25) is 5.76 Å². The number of nitrogens with one attached hydrogen (secondary N) is 1. The average molecular weight is 361 g/mol. The number of esters is 1. The van der Waals surface area contributed by atoms with Gasteiger partial charge in [-0.1, -0.05) is 11.6 Å². The first-order valence-electron chi connectivity index (χ1n) is 7.25. The number of carbonyl (C=O) groups excluding carboxylic acids is 2. The molecule has 0 aliphatic rings. The number of anilines is 1. The highest BCUT2D eigenvalue weighted by Crippen LogP contribution is 2.11. The van der Waals surface area contributed by atoms with Gasteiger partial charge in [0.15, 0.2) is 6.61 Å². The van der Waals surface area contributed by atoms with E-state index in [2.05, 4.69) is 15.4 Å². The molecule has 0 aliphatic heterocycles. The van der Waals surface area contributed by atoms with E-state index < -0.39 is 18.5 Å². The number of aromatic nitrogens is 3. The zero-order valence-electron chi connectivity index (χ0n) is 12.9. The maximum atomic E-state index is 11.9. The van der Waals surface area contributed by atoms with Gasteiger partial charge < -0.3 is 14.5 Å². The van der Waals surface area contributed by atoms with E-state index in [1.54, 1.807) is 35.3 Å². The zero-order chi connectivity index (χ0) is 17.6. The highest BCUT2D eigenvalue weighted by Gasteiger charge is 2.15. The molecule has 9 heteroatoms.